The lowest BCUT2D eigenvalue weighted by atomic mass is 10.1. The van der Waals surface area contributed by atoms with Crippen LogP contribution in [0.4, 0.5) is 36.4 Å². The topological polar surface area (TPSA) is 70.7 Å². The largest absolute Gasteiger partial charge is 0.433 e. The van der Waals surface area contributed by atoms with E-state index in [4.69, 9.17) is 0 Å². The monoisotopic (exact) mass is 442 g/mol. The van der Waals surface area contributed by atoms with Crippen molar-refractivity contribution in [3.05, 3.63) is 77.0 Å². The molecule has 0 aliphatic rings. The molecule has 12 heteroatoms. The lowest BCUT2D eigenvalue weighted by Gasteiger charge is -2.17. The number of nitrogens with zero attached hydrogens (tertiary/aromatic N) is 3. The van der Waals surface area contributed by atoms with Crippen molar-refractivity contribution in [3.63, 3.8) is 0 Å². The van der Waals surface area contributed by atoms with Gasteiger partial charge in [0.1, 0.15) is 28.8 Å². The number of anilines is 1. The molecule has 0 spiro atoms. The van der Waals surface area contributed by atoms with E-state index in [-0.39, 0.29) is 11.8 Å². The average Bonchev–Trinajstić information content (AvgIpc) is 3.17. The van der Waals surface area contributed by atoms with Crippen molar-refractivity contribution >= 4 is 11.6 Å². The summed E-state index contributed by atoms with van der Waals surface area (Å²) < 4.78 is 93.1. The van der Waals surface area contributed by atoms with Gasteiger partial charge in [-0.2, -0.15) is 31.6 Å². The highest BCUT2D eigenvalue weighted by Gasteiger charge is 2.41. The molecule has 0 aliphatic heterocycles. The molecule has 31 heavy (non-hydrogen) atoms. The third kappa shape index (κ3) is 4.50. The van der Waals surface area contributed by atoms with E-state index in [1.54, 1.807) is 0 Å². The maximum atomic E-state index is 13.3. The van der Waals surface area contributed by atoms with Gasteiger partial charge in [0, 0.05) is 11.9 Å². The third-order valence-corrected chi connectivity index (χ3v) is 4.02. The molecule has 0 radical (unpaired) electrons. The highest BCUT2D eigenvalue weighted by atomic mass is 19.4. The van der Waals surface area contributed by atoms with Gasteiger partial charge in [-0.15, -0.1) is 0 Å². The molecule has 3 rings (SSSR count). The molecule has 160 valence electrons. The Morgan fingerprint density at radius 3 is 2.23 bits per heavy atom. The van der Waals surface area contributed by atoms with Crippen LogP contribution in [-0.2, 0) is 12.4 Å². The first-order valence-electron chi connectivity index (χ1n) is 8.26. The van der Waals surface area contributed by atoms with Crippen molar-refractivity contribution in [1.82, 2.24) is 9.55 Å². The second-order valence-corrected chi connectivity index (χ2v) is 6.09. The predicted octanol–water partition coefficient (Wildman–Crippen LogP) is 5.17. The zero-order chi connectivity index (χ0) is 23.0. The number of carbonyl (C=O) groups excluding carboxylic acids is 1. The van der Waals surface area contributed by atoms with Crippen molar-refractivity contribution in [1.29, 1.82) is 5.26 Å². The number of aromatic nitrogens is 2. The fourth-order valence-electron chi connectivity index (χ4n) is 2.66. The Balaban J connectivity index is 2.16. The van der Waals surface area contributed by atoms with Crippen LogP contribution >= 0.6 is 0 Å². The first-order chi connectivity index (χ1) is 14.4. The molecule has 0 atom stereocenters. The Kier molecular flexibility index (Phi) is 5.45. The Morgan fingerprint density at radius 2 is 1.68 bits per heavy atom. The van der Waals surface area contributed by atoms with E-state index < -0.39 is 52.4 Å². The molecule has 0 fully saturated rings. The minimum absolute atomic E-state index is 0.118. The molecule has 3 aromatic rings. The van der Waals surface area contributed by atoms with Crippen molar-refractivity contribution in [2.45, 2.75) is 12.4 Å². The average molecular weight is 442 g/mol. The maximum Gasteiger partial charge on any atom is 0.433 e. The third-order valence-electron chi connectivity index (χ3n) is 4.02. The van der Waals surface area contributed by atoms with Crippen molar-refractivity contribution < 1.29 is 35.5 Å². The van der Waals surface area contributed by atoms with Crippen LogP contribution in [0.1, 0.15) is 27.3 Å². The molecule has 2 aromatic heterocycles. The van der Waals surface area contributed by atoms with Gasteiger partial charge in [0.05, 0.1) is 5.56 Å². The fraction of sp³-hybridized carbons (Fsp3) is 0.105. The number of nitrogens with one attached hydrogen (secondary N) is 1. The van der Waals surface area contributed by atoms with Gasteiger partial charge >= 0.3 is 12.4 Å². The smallest absolute Gasteiger partial charge is 0.321 e. The zero-order valence-electron chi connectivity index (χ0n) is 15.0. The molecule has 1 aromatic carbocycles. The summed E-state index contributed by atoms with van der Waals surface area (Å²) in [6, 6.07) is 7.71. The van der Waals surface area contributed by atoms with E-state index in [0.29, 0.717) is 4.57 Å². The number of pyridine rings is 1. The molecular formula is C19H9F7N4O. The van der Waals surface area contributed by atoms with Crippen LogP contribution < -0.4 is 5.32 Å². The van der Waals surface area contributed by atoms with Crippen LogP contribution in [0.3, 0.4) is 0 Å². The molecule has 0 saturated heterocycles. The summed E-state index contributed by atoms with van der Waals surface area (Å²) in [6.07, 6.45) is -9.54. The summed E-state index contributed by atoms with van der Waals surface area (Å²) in [6.45, 7) is 0. The van der Waals surface area contributed by atoms with Crippen molar-refractivity contribution in [3.8, 4) is 11.9 Å². The Labute approximate surface area is 169 Å². The second-order valence-electron chi connectivity index (χ2n) is 6.09. The van der Waals surface area contributed by atoms with Gasteiger partial charge in [0.25, 0.3) is 5.91 Å². The number of rotatable bonds is 3. The standard InChI is InChI=1S/C19H9F7N4O/c20-10-3-5-11(6-4-10)28-17(31)14-2-1-7-30(14)16-12(9-27)13(18(21,22)23)8-15(29-16)19(24,25)26/h1-8H,(H,28,31). The molecule has 0 aliphatic carbocycles. The van der Waals surface area contributed by atoms with Crippen LogP contribution in [0, 0.1) is 17.1 Å². The van der Waals surface area contributed by atoms with Gasteiger partial charge in [-0.3, -0.25) is 9.36 Å². The molecule has 0 unspecified atom stereocenters. The number of alkyl halides is 6. The minimum atomic E-state index is -5.29. The van der Waals surface area contributed by atoms with Crippen LogP contribution in [0.5, 0.6) is 0 Å². The number of carbonyl (C=O) groups is 1. The number of hydrogen-bond donors (Lipinski definition) is 1. The van der Waals surface area contributed by atoms with E-state index in [1.165, 1.54) is 24.3 Å². The molecule has 0 bridgehead atoms. The molecule has 0 saturated carbocycles. The van der Waals surface area contributed by atoms with Crippen LogP contribution in [-0.4, -0.2) is 15.5 Å². The lowest BCUT2D eigenvalue weighted by molar-refractivity contribution is -0.145. The molecule has 1 N–H and O–H groups in total. The second kappa shape index (κ2) is 7.75. The van der Waals surface area contributed by atoms with Gasteiger partial charge in [-0.1, -0.05) is 0 Å². The number of benzene rings is 1. The summed E-state index contributed by atoms with van der Waals surface area (Å²) in [5, 5.41) is 11.6. The highest BCUT2D eigenvalue weighted by Crippen LogP contribution is 2.38. The molecular weight excluding hydrogens is 433 g/mol. The fourth-order valence-corrected chi connectivity index (χ4v) is 2.66. The first kappa shape index (κ1) is 21.8. The van der Waals surface area contributed by atoms with Crippen LogP contribution in [0.2, 0.25) is 0 Å². The zero-order valence-corrected chi connectivity index (χ0v) is 15.0. The first-order valence-corrected chi connectivity index (χ1v) is 8.26. The normalized spacial score (nSPS) is 11.8. The maximum absolute atomic E-state index is 13.3. The molecule has 1 amide bonds. The minimum Gasteiger partial charge on any atom is -0.321 e. The number of halogens is 7. The van der Waals surface area contributed by atoms with Gasteiger partial charge in [0.15, 0.2) is 5.82 Å². The van der Waals surface area contributed by atoms with Gasteiger partial charge < -0.3 is 5.32 Å². The summed E-state index contributed by atoms with van der Waals surface area (Å²) in [5.41, 5.74) is -5.20. The van der Waals surface area contributed by atoms with Crippen LogP contribution in [0.25, 0.3) is 5.82 Å². The predicted molar refractivity (Wildman–Crippen MR) is 92.6 cm³/mol. The Morgan fingerprint density at radius 1 is 1.03 bits per heavy atom. The van der Waals surface area contributed by atoms with E-state index >= 15 is 0 Å². The van der Waals surface area contributed by atoms with E-state index in [2.05, 4.69) is 10.3 Å². The summed E-state index contributed by atoms with van der Waals surface area (Å²) in [7, 11) is 0. The molecule has 5 nitrogen and oxygen atoms in total. The SMILES string of the molecule is N#Cc1c(C(F)(F)F)cc(C(F)(F)F)nc1-n1cccc1C(=O)Nc1ccc(F)cc1. The van der Waals surface area contributed by atoms with E-state index in [1.807, 2.05) is 0 Å². The molecule has 2 heterocycles. The number of hydrogen-bond acceptors (Lipinski definition) is 3. The summed E-state index contributed by atoms with van der Waals surface area (Å²) >= 11 is 0. The number of amides is 1. The van der Waals surface area contributed by atoms with Gasteiger partial charge in [0.2, 0.25) is 0 Å². The van der Waals surface area contributed by atoms with E-state index in [9.17, 15) is 40.8 Å². The van der Waals surface area contributed by atoms with Crippen molar-refractivity contribution in [2.24, 2.45) is 0 Å². The summed E-state index contributed by atoms with van der Waals surface area (Å²) in [4.78, 5) is 15.7. The number of nitriles is 1. The summed E-state index contributed by atoms with van der Waals surface area (Å²) in [5.74, 6) is -2.54. The van der Waals surface area contributed by atoms with Gasteiger partial charge in [-0.05, 0) is 42.5 Å². The quantitative estimate of drug-likeness (QED) is 0.569. The Hall–Kier alpha value is -3.88. The van der Waals surface area contributed by atoms with Gasteiger partial charge in [-0.25, -0.2) is 9.37 Å². The van der Waals surface area contributed by atoms with E-state index in [0.717, 1.165) is 24.4 Å². The Bertz CT molecular complexity index is 1170. The van der Waals surface area contributed by atoms with Crippen molar-refractivity contribution in [2.75, 3.05) is 5.32 Å². The van der Waals surface area contributed by atoms with Crippen LogP contribution in [0.15, 0.2) is 48.7 Å². The lowest BCUT2D eigenvalue weighted by Crippen LogP contribution is -2.21. The highest BCUT2D eigenvalue weighted by molar-refractivity contribution is 6.03.